The molecule has 0 atom stereocenters. The van der Waals surface area contributed by atoms with E-state index in [1.165, 1.54) is 16.7 Å². The molecule has 0 amide bonds. The normalized spacial score (nSPS) is 11.6. The van der Waals surface area contributed by atoms with Crippen LogP contribution in [0.4, 0.5) is 0 Å². The van der Waals surface area contributed by atoms with E-state index in [0.29, 0.717) is 6.54 Å². The van der Waals surface area contributed by atoms with Gasteiger partial charge in [0, 0.05) is 16.4 Å². The van der Waals surface area contributed by atoms with E-state index < -0.39 is 0 Å². The summed E-state index contributed by atoms with van der Waals surface area (Å²) in [4.78, 5) is 0. The average molecular weight is 318 g/mol. The number of halogens is 1. The molecule has 0 spiro atoms. The molecular weight excluding hydrogens is 298 g/mol. The van der Waals surface area contributed by atoms with Gasteiger partial charge >= 0.3 is 0 Å². The van der Waals surface area contributed by atoms with E-state index in [1.54, 1.807) is 0 Å². The molecule has 0 aliphatic rings. The van der Waals surface area contributed by atoms with Crippen LogP contribution in [0.25, 0.3) is 0 Å². The number of nitrogens with two attached hydrogens (primary N) is 1. The molecule has 2 rings (SSSR count). The highest BCUT2D eigenvalue weighted by Gasteiger charge is 2.18. The van der Waals surface area contributed by atoms with E-state index in [4.69, 9.17) is 5.73 Å². The zero-order chi connectivity index (χ0) is 13.9. The molecule has 0 saturated carbocycles. The fourth-order valence-corrected chi connectivity index (χ4v) is 2.32. The van der Waals surface area contributed by atoms with E-state index >= 15 is 0 Å². The van der Waals surface area contributed by atoms with Gasteiger partial charge in [-0.1, -0.05) is 66.2 Å². The molecule has 100 valence electrons. The Morgan fingerprint density at radius 2 is 1.68 bits per heavy atom. The number of hydrogen-bond donors (Lipinski definition) is 1. The lowest BCUT2D eigenvalue weighted by Gasteiger charge is -2.23. The third kappa shape index (κ3) is 3.68. The standard InChI is InChI=1S/C17H20BrN/c1-17(2,12-19)15-5-3-4-14(11-15)10-13-6-8-16(18)9-7-13/h3-9,11H,10,12,19H2,1-2H3. The molecule has 2 aromatic rings. The van der Waals surface area contributed by atoms with Gasteiger partial charge in [0.05, 0.1) is 0 Å². The van der Waals surface area contributed by atoms with E-state index in [1.807, 2.05) is 0 Å². The maximum Gasteiger partial charge on any atom is 0.0175 e. The van der Waals surface area contributed by atoms with Crippen LogP contribution in [0.2, 0.25) is 0 Å². The Morgan fingerprint density at radius 3 is 2.32 bits per heavy atom. The summed E-state index contributed by atoms with van der Waals surface area (Å²) in [6.07, 6.45) is 0.960. The van der Waals surface area contributed by atoms with Crippen molar-refractivity contribution in [3.8, 4) is 0 Å². The molecule has 2 N–H and O–H groups in total. The highest BCUT2D eigenvalue weighted by molar-refractivity contribution is 9.10. The minimum Gasteiger partial charge on any atom is -0.330 e. The average Bonchev–Trinajstić information content (AvgIpc) is 2.42. The Morgan fingerprint density at radius 1 is 1.00 bits per heavy atom. The molecule has 1 nitrogen and oxygen atoms in total. The van der Waals surface area contributed by atoms with E-state index in [2.05, 4.69) is 78.3 Å². The fourth-order valence-electron chi connectivity index (χ4n) is 2.06. The quantitative estimate of drug-likeness (QED) is 0.895. The zero-order valence-corrected chi connectivity index (χ0v) is 13.1. The molecule has 0 heterocycles. The first kappa shape index (κ1) is 14.3. The van der Waals surface area contributed by atoms with E-state index in [-0.39, 0.29) is 5.41 Å². The molecule has 0 aliphatic heterocycles. The Labute approximate surface area is 124 Å². The molecule has 0 radical (unpaired) electrons. The number of hydrogen-bond acceptors (Lipinski definition) is 1. The lowest BCUT2D eigenvalue weighted by Crippen LogP contribution is -2.28. The van der Waals surface area contributed by atoms with Crippen LogP contribution in [0, 0.1) is 0 Å². The molecule has 0 saturated heterocycles. The summed E-state index contributed by atoms with van der Waals surface area (Å²) in [7, 11) is 0. The Hall–Kier alpha value is -1.12. The van der Waals surface area contributed by atoms with Gasteiger partial charge in [-0.2, -0.15) is 0 Å². The van der Waals surface area contributed by atoms with Crippen molar-refractivity contribution in [2.75, 3.05) is 6.54 Å². The van der Waals surface area contributed by atoms with Gasteiger partial charge in [0.2, 0.25) is 0 Å². The maximum absolute atomic E-state index is 5.85. The van der Waals surface area contributed by atoms with Gasteiger partial charge in [-0.15, -0.1) is 0 Å². The molecular formula is C17H20BrN. The van der Waals surface area contributed by atoms with Crippen LogP contribution in [0.15, 0.2) is 53.0 Å². The third-order valence-corrected chi connectivity index (χ3v) is 4.07. The van der Waals surface area contributed by atoms with Gasteiger partial charge in [-0.3, -0.25) is 0 Å². The van der Waals surface area contributed by atoms with Crippen molar-refractivity contribution >= 4 is 15.9 Å². The predicted molar refractivity (Wildman–Crippen MR) is 85.5 cm³/mol. The van der Waals surface area contributed by atoms with Crippen LogP contribution >= 0.6 is 15.9 Å². The summed E-state index contributed by atoms with van der Waals surface area (Å²) < 4.78 is 1.12. The lowest BCUT2D eigenvalue weighted by atomic mass is 9.83. The molecule has 2 aromatic carbocycles. The first-order chi connectivity index (χ1) is 9.01. The molecule has 19 heavy (non-hydrogen) atoms. The zero-order valence-electron chi connectivity index (χ0n) is 11.5. The molecule has 0 aliphatic carbocycles. The van der Waals surface area contributed by atoms with Gasteiger partial charge < -0.3 is 5.73 Å². The van der Waals surface area contributed by atoms with Crippen LogP contribution in [0.3, 0.4) is 0 Å². The topological polar surface area (TPSA) is 26.0 Å². The van der Waals surface area contributed by atoms with E-state index in [0.717, 1.165) is 10.9 Å². The molecule has 0 aromatic heterocycles. The third-order valence-electron chi connectivity index (χ3n) is 3.54. The van der Waals surface area contributed by atoms with Crippen molar-refractivity contribution in [3.63, 3.8) is 0 Å². The van der Waals surface area contributed by atoms with Gasteiger partial charge in [0.1, 0.15) is 0 Å². The van der Waals surface area contributed by atoms with Crippen LogP contribution in [-0.2, 0) is 11.8 Å². The summed E-state index contributed by atoms with van der Waals surface area (Å²) in [5, 5.41) is 0. The molecule has 0 fully saturated rings. The van der Waals surface area contributed by atoms with Gasteiger partial charge in [-0.05, 0) is 35.2 Å². The fraction of sp³-hybridized carbons (Fsp3) is 0.294. The van der Waals surface area contributed by atoms with Gasteiger partial charge in [0.25, 0.3) is 0 Å². The first-order valence-electron chi connectivity index (χ1n) is 6.55. The van der Waals surface area contributed by atoms with Gasteiger partial charge in [0.15, 0.2) is 0 Å². The Bertz CT molecular complexity index is 543. The monoisotopic (exact) mass is 317 g/mol. The Balaban J connectivity index is 2.22. The summed E-state index contributed by atoms with van der Waals surface area (Å²) in [5.74, 6) is 0. The van der Waals surface area contributed by atoms with Crippen molar-refractivity contribution in [1.29, 1.82) is 0 Å². The highest BCUT2D eigenvalue weighted by Crippen LogP contribution is 2.23. The van der Waals surface area contributed by atoms with Crippen molar-refractivity contribution in [2.24, 2.45) is 5.73 Å². The molecule has 0 bridgehead atoms. The maximum atomic E-state index is 5.85. The summed E-state index contributed by atoms with van der Waals surface area (Å²) in [5.41, 5.74) is 9.86. The van der Waals surface area contributed by atoms with Crippen molar-refractivity contribution in [1.82, 2.24) is 0 Å². The highest BCUT2D eigenvalue weighted by atomic mass is 79.9. The SMILES string of the molecule is CC(C)(CN)c1cccc(Cc2ccc(Br)cc2)c1. The second-order valence-electron chi connectivity index (χ2n) is 5.59. The summed E-state index contributed by atoms with van der Waals surface area (Å²) >= 11 is 3.46. The van der Waals surface area contributed by atoms with Crippen LogP contribution in [0.1, 0.15) is 30.5 Å². The molecule has 2 heteroatoms. The van der Waals surface area contributed by atoms with Crippen molar-refractivity contribution in [2.45, 2.75) is 25.7 Å². The second-order valence-corrected chi connectivity index (χ2v) is 6.51. The van der Waals surface area contributed by atoms with E-state index in [9.17, 15) is 0 Å². The van der Waals surface area contributed by atoms with Crippen LogP contribution < -0.4 is 5.73 Å². The minimum absolute atomic E-state index is 0.0374. The first-order valence-corrected chi connectivity index (χ1v) is 7.34. The lowest BCUT2D eigenvalue weighted by molar-refractivity contribution is 0.538. The Kier molecular flexibility index (Phi) is 4.43. The molecule has 0 unspecified atom stereocenters. The van der Waals surface area contributed by atoms with Gasteiger partial charge in [-0.25, -0.2) is 0 Å². The largest absolute Gasteiger partial charge is 0.330 e. The van der Waals surface area contributed by atoms with Crippen molar-refractivity contribution in [3.05, 3.63) is 69.7 Å². The van der Waals surface area contributed by atoms with Crippen LogP contribution in [-0.4, -0.2) is 6.54 Å². The summed E-state index contributed by atoms with van der Waals surface area (Å²) in [6, 6.07) is 17.2. The number of benzene rings is 2. The van der Waals surface area contributed by atoms with Crippen LogP contribution in [0.5, 0.6) is 0 Å². The number of rotatable bonds is 4. The second kappa shape index (κ2) is 5.89. The smallest absolute Gasteiger partial charge is 0.0175 e. The predicted octanol–water partition coefficient (Wildman–Crippen LogP) is 4.28. The minimum atomic E-state index is 0.0374. The summed E-state index contributed by atoms with van der Waals surface area (Å²) in [6.45, 7) is 5.03. The van der Waals surface area contributed by atoms with Crippen molar-refractivity contribution < 1.29 is 0 Å².